The molecule has 1 N–H and O–H groups in total. The minimum atomic E-state index is -0.169. The molecule has 1 aliphatic rings. The van der Waals surface area contributed by atoms with Crippen LogP contribution in [-0.2, 0) is 16.1 Å². The van der Waals surface area contributed by atoms with Crippen molar-refractivity contribution < 1.29 is 9.53 Å². The summed E-state index contributed by atoms with van der Waals surface area (Å²) in [6.45, 7) is 8.40. The summed E-state index contributed by atoms with van der Waals surface area (Å²) < 4.78 is 7.23. The Kier molecular flexibility index (Phi) is 4.93. The molecule has 0 aliphatic carbocycles. The highest BCUT2D eigenvalue weighted by molar-refractivity contribution is 5.76. The van der Waals surface area contributed by atoms with Crippen molar-refractivity contribution in [2.24, 2.45) is 0 Å². The fourth-order valence-electron chi connectivity index (χ4n) is 2.36. The van der Waals surface area contributed by atoms with Crippen LogP contribution < -0.4 is 5.32 Å². The fraction of sp³-hybridized carbons (Fsp3) is 0.692. The zero-order valence-corrected chi connectivity index (χ0v) is 11.6. The van der Waals surface area contributed by atoms with E-state index in [1.165, 1.54) is 0 Å². The molecule has 1 aromatic rings. The molecule has 2 rings (SSSR count). The van der Waals surface area contributed by atoms with Gasteiger partial charge in [-0.1, -0.05) is 0 Å². The lowest BCUT2D eigenvalue weighted by molar-refractivity contribution is -0.150. The van der Waals surface area contributed by atoms with Crippen molar-refractivity contribution >= 4 is 5.97 Å². The topological polar surface area (TPSA) is 59.4 Å². The van der Waals surface area contributed by atoms with Crippen LogP contribution in [0.5, 0.6) is 0 Å². The Morgan fingerprint density at radius 3 is 3.11 bits per heavy atom. The number of aromatic nitrogens is 2. The number of hydrogen-bond donors (Lipinski definition) is 1. The van der Waals surface area contributed by atoms with Crippen LogP contribution in [0.4, 0.5) is 0 Å². The number of hydrogen-bond acceptors (Lipinski definition) is 5. The first kappa shape index (κ1) is 14.0. The third-order valence-corrected chi connectivity index (χ3v) is 3.46. The Hall–Kier alpha value is -1.40. The quantitative estimate of drug-likeness (QED) is 0.762. The lowest BCUT2D eigenvalue weighted by Crippen LogP contribution is -2.56. The molecular formula is C13H22N4O2. The molecule has 1 atom stereocenters. The molecule has 0 radical (unpaired) electrons. The summed E-state index contributed by atoms with van der Waals surface area (Å²) in [5.74, 6) is 0.875. The number of nitrogens with one attached hydrogen (secondary N) is 1. The van der Waals surface area contributed by atoms with Gasteiger partial charge in [0, 0.05) is 45.1 Å². The largest absolute Gasteiger partial charge is 0.465 e. The van der Waals surface area contributed by atoms with E-state index >= 15 is 0 Å². The van der Waals surface area contributed by atoms with Gasteiger partial charge in [0.2, 0.25) is 0 Å². The van der Waals surface area contributed by atoms with Crippen molar-refractivity contribution in [3.63, 3.8) is 0 Å². The van der Waals surface area contributed by atoms with Crippen LogP contribution >= 0.6 is 0 Å². The van der Waals surface area contributed by atoms with E-state index in [9.17, 15) is 4.79 Å². The van der Waals surface area contributed by atoms with Crippen LogP contribution in [0.1, 0.15) is 12.7 Å². The fourth-order valence-corrected chi connectivity index (χ4v) is 2.36. The van der Waals surface area contributed by atoms with E-state index in [0.29, 0.717) is 13.2 Å². The molecule has 6 nitrogen and oxygen atoms in total. The highest BCUT2D eigenvalue weighted by atomic mass is 16.5. The standard InChI is InChI=1S/C13H22N4O2/c1-3-19-13(18)12-10-14-4-6-17(12)9-8-16-7-5-15-11(16)2/h5,7,12,14H,3-4,6,8-10H2,1-2H3. The van der Waals surface area contributed by atoms with Gasteiger partial charge in [-0.05, 0) is 13.8 Å². The van der Waals surface area contributed by atoms with Gasteiger partial charge in [0.1, 0.15) is 11.9 Å². The number of nitrogens with zero attached hydrogens (tertiary/aromatic N) is 3. The van der Waals surface area contributed by atoms with Crippen LogP contribution in [0.25, 0.3) is 0 Å². The van der Waals surface area contributed by atoms with E-state index in [0.717, 1.165) is 32.0 Å². The van der Waals surface area contributed by atoms with Gasteiger partial charge in [-0.3, -0.25) is 9.69 Å². The smallest absolute Gasteiger partial charge is 0.324 e. The zero-order valence-electron chi connectivity index (χ0n) is 11.6. The number of ether oxygens (including phenoxy) is 1. The number of imidazole rings is 1. The van der Waals surface area contributed by atoms with E-state index in [2.05, 4.69) is 19.8 Å². The molecule has 1 unspecified atom stereocenters. The number of carbonyl (C=O) groups excluding carboxylic acids is 1. The molecule has 1 aromatic heterocycles. The Balaban J connectivity index is 1.92. The molecule has 0 spiro atoms. The predicted molar refractivity (Wildman–Crippen MR) is 71.8 cm³/mol. The second-order valence-corrected chi connectivity index (χ2v) is 4.68. The summed E-state index contributed by atoms with van der Waals surface area (Å²) in [5.41, 5.74) is 0. The van der Waals surface area contributed by atoms with Crippen molar-refractivity contribution in [1.29, 1.82) is 0 Å². The highest BCUT2D eigenvalue weighted by Crippen LogP contribution is 2.07. The van der Waals surface area contributed by atoms with Gasteiger partial charge in [-0.25, -0.2) is 4.98 Å². The molecule has 0 bridgehead atoms. The average molecular weight is 266 g/mol. The first-order chi connectivity index (χ1) is 9.22. The summed E-state index contributed by atoms with van der Waals surface area (Å²) in [4.78, 5) is 18.3. The molecule has 1 fully saturated rings. The molecule has 106 valence electrons. The third kappa shape index (κ3) is 3.54. The number of esters is 1. The summed E-state index contributed by atoms with van der Waals surface area (Å²) >= 11 is 0. The highest BCUT2D eigenvalue weighted by Gasteiger charge is 2.29. The molecule has 1 saturated heterocycles. The molecule has 0 amide bonds. The first-order valence-electron chi connectivity index (χ1n) is 6.81. The van der Waals surface area contributed by atoms with Crippen molar-refractivity contribution in [1.82, 2.24) is 19.8 Å². The third-order valence-electron chi connectivity index (χ3n) is 3.46. The Morgan fingerprint density at radius 2 is 2.42 bits per heavy atom. The molecule has 0 aromatic carbocycles. The van der Waals surface area contributed by atoms with E-state index in [-0.39, 0.29) is 12.0 Å². The Labute approximate surface area is 113 Å². The van der Waals surface area contributed by atoms with Crippen LogP contribution in [-0.4, -0.2) is 59.2 Å². The van der Waals surface area contributed by atoms with E-state index < -0.39 is 0 Å². The van der Waals surface area contributed by atoms with Gasteiger partial charge in [0.05, 0.1) is 6.61 Å². The molecule has 1 aliphatic heterocycles. The summed E-state index contributed by atoms with van der Waals surface area (Å²) in [5, 5.41) is 3.25. The first-order valence-corrected chi connectivity index (χ1v) is 6.81. The Bertz CT molecular complexity index is 419. The van der Waals surface area contributed by atoms with Crippen molar-refractivity contribution in [2.75, 3.05) is 32.8 Å². The molecule has 0 saturated carbocycles. The zero-order chi connectivity index (χ0) is 13.7. The number of carbonyl (C=O) groups is 1. The van der Waals surface area contributed by atoms with Crippen molar-refractivity contribution in [3.8, 4) is 0 Å². The van der Waals surface area contributed by atoms with Gasteiger partial charge < -0.3 is 14.6 Å². The van der Waals surface area contributed by atoms with E-state index in [1.807, 2.05) is 20.0 Å². The SMILES string of the molecule is CCOC(=O)C1CNCCN1CCn1ccnc1C. The van der Waals surface area contributed by atoms with Gasteiger partial charge in [0.15, 0.2) is 0 Å². The lowest BCUT2D eigenvalue weighted by Gasteiger charge is -2.34. The summed E-state index contributed by atoms with van der Waals surface area (Å²) in [6, 6.07) is -0.169. The summed E-state index contributed by atoms with van der Waals surface area (Å²) in [7, 11) is 0. The van der Waals surface area contributed by atoms with E-state index in [4.69, 9.17) is 4.74 Å². The normalized spacial score (nSPS) is 20.4. The van der Waals surface area contributed by atoms with Gasteiger partial charge >= 0.3 is 5.97 Å². The minimum absolute atomic E-state index is 0.128. The number of aryl methyl sites for hydroxylation is 1. The second kappa shape index (κ2) is 6.68. The number of piperazine rings is 1. The summed E-state index contributed by atoms with van der Waals surface area (Å²) in [6.07, 6.45) is 3.77. The number of rotatable bonds is 5. The van der Waals surface area contributed by atoms with Crippen LogP contribution in [0, 0.1) is 6.92 Å². The average Bonchev–Trinajstić information content (AvgIpc) is 2.82. The van der Waals surface area contributed by atoms with Crippen LogP contribution in [0.15, 0.2) is 12.4 Å². The molecule has 6 heteroatoms. The molecular weight excluding hydrogens is 244 g/mol. The van der Waals surface area contributed by atoms with Gasteiger partial charge in [-0.2, -0.15) is 0 Å². The van der Waals surface area contributed by atoms with Crippen LogP contribution in [0.2, 0.25) is 0 Å². The maximum Gasteiger partial charge on any atom is 0.324 e. The second-order valence-electron chi connectivity index (χ2n) is 4.68. The van der Waals surface area contributed by atoms with Crippen LogP contribution in [0.3, 0.4) is 0 Å². The van der Waals surface area contributed by atoms with Crippen molar-refractivity contribution in [2.45, 2.75) is 26.4 Å². The Morgan fingerprint density at radius 1 is 1.58 bits per heavy atom. The predicted octanol–water partition coefficient (Wildman–Crippen LogP) is 0.0284. The molecule has 2 heterocycles. The van der Waals surface area contributed by atoms with Gasteiger partial charge in [-0.15, -0.1) is 0 Å². The molecule has 19 heavy (non-hydrogen) atoms. The lowest BCUT2D eigenvalue weighted by atomic mass is 10.2. The maximum atomic E-state index is 11.9. The monoisotopic (exact) mass is 266 g/mol. The van der Waals surface area contributed by atoms with Crippen molar-refractivity contribution in [3.05, 3.63) is 18.2 Å². The van der Waals surface area contributed by atoms with E-state index in [1.54, 1.807) is 6.20 Å². The minimum Gasteiger partial charge on any atom is -0.465 e. The van der Waals surface area contributed by atoms with Gasteiger partial charge in [0.25, 0.3) is 0 Å². The maximum absolute atomic E-state index is 11.9.